The Morgan fingerprint density at radius 3 is 1.93 bits per heavy atom. The van der Waals surface area contributed by atoms with Crippen molar-refractivity contribution in [2.45, 2.75) is 4.90 Å². The highest BCUT2D eigenvalue weighted by molar-refractivity contribution is 7.85. The van der Waals surface area contributed by atoms with Gasteiger partial charge in [-0.15, -0.1) is 0 Å². The summed E-state index contributed by atoms with van der Waals surface area (Å²) in [5, 5.41) is 0. The minimum absolute atomic E-state index is 0.174. The average molecular weight is 543 g/mol. The molecule has 0 unspecified atom stereocenters. The van der Waals surface area contributed by atoms with Crippen LogP contribution in [0, 0.1) is 0 Å². The molecule has 3 N–H and O–H groups in total. The monoisotopic (exact) mass is 542 g/mol. The van der Waals surface area contributed by atoms with Crippen LogP contribution in [0.25, 0.3) is 68.6 Å². The Balaban J connectivity index is 1.59. The molecule has 7 nitrogen and oxygen atoms in total. The fourth-order valence-electron chi connectivity index (χ4n) is 5.07. The van der Waals surface area contributed by atoms with Gasteiger partial charge in [0, 0.05) is 33.2 Å². The van der Waals surface area contributed by atoms with E-state index >= 15 is 0 Å². The van der Waals surface area contributed by atoms with E-state index in [-0.39, 0.29) is 4.90 Å². The Morgan fingerprint density at radius 1 is 0.575 bits per heavy atom. The lowest BCUT2D eigenvalue weighted by molar-refractivity contribution is 0.483. The van der Waals surface area contributed by atoms with Gasteiger partial charge in [-0.05, 0) is 84.0 Å². The molecule has 40 heavy (non-hydrogen) atoms. The van der Waals surface area contributed by atoms with E-state index in [0.717, 1.165) is 55.7 Å². The molecule has 8 bridgehead atoms. The van der Waals surface area contributed by atoms with Crippen LogP contribution in [0.4, 0.5) is 0 Å². The van der Waals surface area contributed by atoms with Crippen molar-refractivity contribution in [2.24, 2.45) is 0 Å². The van der Waals surface area contributed by atoms with E-state index in [2.05, 4.69) is 34.2 Å². The number of hydrogen-bond donors (Lipinski definition) is 3. The number of rotatable bonds is 3. The largest absolute Gasteiger partial charge is 0.355 e. The number of nitrogens with zero attached hydrogens (tertiary/aromatic N) is 2. The van der Waals surface area contributed by atoms with Crippen molar-refractivity contribution in [1.29, 1.82) is 0 Å². The van der Waals surface area contributed by atoms with E-state index in [9.17, 15) is 13.0 Å². The molecule has 0 fully saturated rings. The van der Waals surface area contributed by atoms with Gasteiger partial charge in [0.15, 0.2) is 0 Å². The molecular weight excluding hydrogens is 520 g/mol. The van der Waals surface area contributed by atoms with E-state index in [4.69, 9.17) is 9.97 Å². The van der Waals surface area contributed by atoms with Crippen LogP contribution in [0.15, 0.2) is 95.9 Å². The van der Waals surface area contributed by atoms with Gasteiger partial charge in [0.1, 0.15) is 0 Å². The zero-order valence-electron chi connectivity index (χ0n) is 21.0. The van der Waals surface area contributed by atoms with Crippen molar-refractivity contribution < 1.29 is 13.0 Å². The van der Waals surface area contributed by atoms with Crippen LogP contribution in [0.2, 0.25) is 0 Å². The molecule has 0 spiro atoms. The fraction of sp³-hybridized carbons (Fsp3) is 0. The zero-order chi connectivity index (χ0) is 27.3. The third-order valence-corrected chi connectivity index (χ3v) is 7.76. The first-order chi connectivity index (χ1) is 19.4. The second-order valence-electron chi connectivity index (χ2n) is 9.57. The summed E-state index contributed by atoms with van der Waals surface area (Å²) >= 11 is 0. The van der Waals surface area contributed by atoms with Gasteiger partial charge in [-0.25, -0.2) is 9.97 Å². The highest BCUT2D eigenvalue weighted by Gasteiger charge is 2.18. The maximum atomic E-state index is 11.7. The molecule has 0 saturated carbocycles. The molecule has 5 aromatic rings. The van der Waals surface area contributed by atoms with Gasteiger partial charge in [-0.1, -0.05) is 42.5 Å². The maximum Gasteiger partial charge on any atom is 0.294 e. The summed E-state index contributed by atoms with van der Waals surface area (Å²) < 4.78 is 32.8. The molecule has 2 aromatic carbocycles. The molecule has 8 heteroatoms. The van der Waals surface area contributed by atoms with Gasteiger partial charge >= 0.3 is 0 Å². The normalized spacial score (nSPS) is 12.6. The first kappa shape index (κ1) is 24.0. The van der Waals surface area contributed by atoms with Crippen molar-refractivity contribution in [3.05, 3.63) is 114 Å². The second-order valence-corrected chi connectivity index (χ2v) is 11.0. The second kappa shape index (κ2) is 9.30. The molecule has 194 valence electrons. The Bertz CT molecular complexity index is 2120. The predicted molar refractivity (Wildman–Crippen MR) is 160 cm³/mol. The molecule has 3 aromatic heterocycles. The molecular formula is C32H22N4O3S. The van der Waals surface area contributed by atoms with Crippen LogP contribution in [0.3, 0.4) is 0 Å². The molecule has 7 rings (SSSR count). The molecule has 0 aliphatic carbocycles. The summed E-state index contributed by atoms with van der Waals surface area (Å²) in [4.78, 5) is 16.7. The van der Waals surface area contributed by atoms with Crippen LogP contribution < -0.4 is 0 Å². The SMILES string of the molecule is O=S(=O)(O)c1ccc(-c2c3nc(cc4ccc(cc5ccc([nH]5)c(-c5ccccc5)c5nc2C=C5)[nH]4)C=C3)cc1. The van der Waals surface area contributed by atoms with Gasteiger partial charge in [-0.2, -0.15) is 8.42 Å². The van der Waals surface area contributed by atoms with E-state index < -0.39 is 10.1 Å². The standard InChI is InChI=1S/C32H22N4O3S/c37-40(38,39)26-12-6-21(7-13-26)32-28-15-11-25(35-28)19-23-9-8-22(33-23)18-24-10-14-27(34-24)31(20-4-2-1-3-5-20)29-16-17-30(32)36-29/h1-19,33-34H,(H,37,38,39). The van der Waals surface area contributed by atoms with Crippen LogP contribution in [0.1, 0.15) is 22.8 Å². The molecule has 0 amide bonds. The van der Waals surface area contributed by atoms with Crippen LogP contribution in [-0.2, 0) is 10.1 Å². The number of hydrogen-bond acceptors (Lipinski definition) is 4. The Labute approximate surface area is 230 Å². The van der Waals surface area contributed by atoms with Crippen molar-refractivity contribution >= 4 is 56.5 Å². The number of fused-ring (bicyclic) bond motifs is 8. The summed E-state index contributed by atoms with van der Waals surface area (Å²) in [6, 6.07) is 28.4. The minimum Gasteiger partial charge on any atom is -0.355 e. The van der Waals surface area contributed by atoms with E-state index in [1.54, 1.807) is 12.1 Å². The van der Waals surface area contributed by atoms with Crippen LogP contribution in [-0.4, -0.2) is 32.9 Å². The Kier molecular flexibility index (Phi) is 5.59. The summed E-state index contributed by atoms with van der Waals surface area (Å²) in [5.41, 5.74) is 10.2. The predicted octanol–water partition coefficient (Wildman–Crippen LogP) is 7.24. The fourth-order valence-corrected chi connectivity index (χ4v) is 5.55. The molecule has 5 heterocycles. The lowest BCUT2D eigenvalue weighted by Gasteiger charge is -2.06. The average Bonchev–Trinajstić information content (AvgIpc) is 3.76. The van der Waals surface area contributed by atoms with Crippen LogP contribution in [0.5, 0.6) is 0 Å². The highest BCUT2D eigenvalue weighted by Crippen LogP contribution is 2.35. The van der Waals surface area contributed by atoms with Crippen molar-refractivity contribution in [3.63, 3.8) is 0 Å². The Morgan fingerprint density at radius 2 is 1.18 bits per heavy atom. The number of aromatic amines is 2. The summed E-state index contributed by atoms with van der Waals surface area (Å²) in [7, 11) is -4.32. The van der Waals surface area contributed by atoms with Crippen LogP contribution >= 0.6 is 0 Å². The number of nitrogens with one attached hydrogen (secondary N) is 2. The maximum absolute atomic E-state index is 11.7. The number of H-pyrrole nitrogens is 2. The van der Waals surface area contributed by atoms with Gasteiger partial charge in [-0.3, -0.25) is 4.55 Å². The summed E-state index contributed by atoms with van der Waals surface area (Å²) in [6.07, 6.45) is 7.80. The van der Waals surface area contributed by atoms with E-state index in [1.807, 2.05) is 66.8 Å². The number of aromatic nitrogens is 4. The molecule has 0 radical (unpaired) electrons. The molecule has 0 saturated heterocycles. The first-order valence-electron chi connectivity index (χ1n) is 12.6. The quantitative estimate of drug-likeness (QED) is 0.204. The van der Waals surface area contributed by atoms with Crippen molar-refractivity contribution in [2.75, 3.05) is 0 Å². The Hall–Kier alpha value is -5.05. The third kappa shape index (κ3) is 4.45. The van der Waals surface area contributed by atoms with Gasteiger partial charge < -0.3 is 9.97 Å². The molecule has 2 aliphatic rings. The first-order valence-corrected chi connectivity index (χ1v) is 14.1. The van der Waals surface area contributed by atoms with E-state index in [1.165, 1.54) is 12.1 Å². The summed E-state index contributed by atoms with van der Waals surface area (Å²) in [5.74, 6) is 0. The van der Waals surface area contributed by atoms with E-state index in [0.29, 0.717) is 11.4 Å². The molecule has 2 aliphatic heterocycles. The van der Waals surface area contributed by atoms with Crippen molar-refractivity contribution in [1.82, 2.24) is 19.9 Å². The topological polar surface area (TPSA) is 112 Å². The van der Waals surface area contributed by atoms with Gasteiger partial charge in [0.05, 0.1) is 27.7 Å². The summed E-state index contributed by atoms with van der Waals surface area (Å²) in [6.45, 7) is 0. The van der Waals surface area contributed by atoms with Crippen molar-refractivity contribution in [3.8, 4) is 22.3 Å². The van der Waals surface area contributed by atoms with Gasteiger partial charge in [0.2, 0.25) is 0 Å². The molecule has 0 atom stereocenters. The van der Waals surface area contributed by atoms with Gasteiger partial charge in [0.25, 0.3) is 10.1 Å². The number of benzene rings is 2. The lowest BCUT2D eigenvalue weighted by atomic mass is 10.0. The zero-order valence-corrected chi connectivity index (χ0v) is 21.9. The lowest BCUT2D eigenvalue weighted by Crippen LogP contribution is -1.97. The smallest absolute Gasteiger partial charge is 0.294 e. The third-order valence-electron chi connectivity index (χ3n) is 6.90. The minimum atomic E-state index is -4.32. The highest BCUT2D eigenvalue weighted by atomic mass is 32.2.